The average molecular weight is 312 g/mol. The molecule has 0 amide bonds. The first-order valence-electron chi connectivity index (χ1n) is 8.29. The van der Waals surface area contributed by atoms with Crippen molar-refractivity contribution in [1.82, 2.24) is 0 Å². The van der Waals surface area contributed by atoms with Gasteiger partial charge in [-0.15, -0.1) is 0 Å². The van der Waals surface area contributed by atoms with Crippen LogP contribution in [0.25, 0.3) is 0 Å². The molecule has 1 heterocycles. The highest BCUT2D eigenvalue weighted by Gasteiger charge is 2.25. The summed E-state index contributed by atoms with van der Waals surface area (Å²) in [4.78, 5) is 0. The van der Waals surface area contributed by atoms with Gasteiger partial charge in [-0.2, -0.15) is 0 Å². The monoisotopic (exact) mass is 312 g/mol. The molecule has 3 nitrogen and oxygen atoms in total. The van der Waals surface area contributed by atoms with Gasteiger partial charge in [0.05, 0.1) is 38.6 Å². The van der Waals surface area contributed by atoms with Crippen molar-refractivity contribution in [2.45, 2.75) is 38.3 Å². The van der Waals surface area contributed by atoms with Gasteiger partial charge >= 0.3 is 0 Å². The van der Waals surface area contributed by atoms with Crippen molar-refractivity contribution in [3.05, 3.63) is 71.8 Å². The molecular weight excluding hydrogens is 288 g/mol. The minimum Gasteiger partial charge on any atom is -0.374 e. The highest BCUT2D eigenvalue weighted by Crippen LogP contribution is 2.21. The SMILES string of the molecule is c1ccc(COC[C@H]2CC[C@@H](COCc3ccccc3)O2)cc1. The molecule has 122 valence electrons. The predicted octanol–water partition coefficient (Wildman–Crippen LogP) is 3.97. The first-order valence-corrected chi connectivity index (χ1v) is 8.29. The van der Waals surface area contributed by atoms with Crippen molar-refractivity contribution in [2.24, 2.45) is 0 Å². The smallest absolute Gasteiger partial charge is 0.0814 e. The van der Waals surface area contributed by atoms with E-state index < -0.39 is 0 Å². The highest BCUT2D eigenvalue weighted by atomic mass is 16.6. The molecule has 2 aromatic carbocycles. The van der Waals surface area contributed by atoms with Gasteiger partial charge in [-0.1, -0.05) is 60.7 Å². The minimum atomic E-state index is 0.198. The second kappa shape index (κ2) is 8.82. The number of benzene rings is 2. The van der Waals surface area contributed by atoms with Crippen LogP contribution in [0.2, 0.25) is 0 Å². The molecule has 1 fully saturated rings. The summed E-state index contributed by atoms with van der Waals surface area (Å²) in [5, 5.41) is 0. The van der Waals surface area contributed by atoms with E-state index in [0.717, 1.165) is 12.8 Å². The van der Waals surface area contributed by atoms with Gasteiger partial charge in [-0.3, -0.25) is 0 Å². The molecule has 0 spiro atoms. The zero-order valence-electron chi connectivity index (χ0n) is 13.4. The van der Waals surface area contributed by atoms with E-state index in [1.54, 1.807) is 0 Å². The van der Waals surface area contributed by atoms with Crippen LogP contribution < -0.4 is 0 Å². The van der Waals surface area contributed by atoms with E-state index in [-0.39, 0.29) is 12.2 Å². The minimum absolute atomic E-state index is 0.198. The molecule has 1 aliphatic rings. The van der Waals surface area contributed by atoms with Gasteiger partial charge in [0.1, 0.15) is 0 Å². The molecule has 2 atom stereocenters. The molecule has 0 N–H and O–H groups in total. The molecule has 0 radical (unpaired) electrons. The van der Waals surface area contributed by atoms with Gasteiger partial charge < -0.3 is 14.2 Å². The Kier molecular flexibility index (Phi) is 6.21. The van der Waals surface area contributed by atoms with Crippen LogP contribution in [0, 0.1) is 0 Å². The fourth-order valence-corrected chi connectivity index (χ4v) is 2.79. The third-order valence-electron chi connectivity index (χ3n) is 4.03. The second-order valence-corrected chi connectivity index (χ2v) is 5.96. The fourth-order valence-electron chi connectivity index (χ4n) is 2.79. The highest BCUT2D eigenvalue weighted by molar-refractivity contribution is 5.14. The first kappa shape index (κ1) is 16.2. The number of hydrogen-bond donors (Lipinski definition) is 0. The number of ether oxygens (including phenoxy) is 3. The Labute approximate surface area is 138 Å². The zero-order valence-corrected chi connectivity index (χ0v) is 13.4. The lowest BCUT2D eigenvalue weighted by Gasteiger charge is -2.14. The molecule has 0 saturated carbocycles. The second-order valence-electron chi connectivity index (χ2n) is 5.96. The van der Waals surface area contributed by atoms with Gasteiger partial charge in [0.25, 0.3) is 0 Å². The molecule has 1 saturated heterocycles. The summed E-state index contributed by atoms with van der Waals surface area (Å²) in [6.07, 6.45) is 2.50. The molecule has 1 aliphatic heterocycles. The number of rotatable bonds is 8. The maximum absolute atomic E-state index is 5.99. The first-order chi connectivity index (χ1) is 11.4. The molecule has 0 aromatic heterocycles. The Hall–Kier alpha value is -1.68. The Morgan fingerprint density at radius 2 is 1.13 bits per heavy atom. The maximum atomic E-state index is 5.99. The lowest BCUT2D eigenvalue weighted by molar-refractivity contribution is -0.0509. The fraction of sp³-hybridized carbons (Fsp3) is 0.400. The topological polar surface area (TPSA) is 27.7 Å². The van der Waals surface area contributed by atoms with Crippen LogP contribution in [0.4, 0.5) is 0 Å². The Morgan fingerprint density at radius 3 is 1.57 bits per heavy atom. The van der Waals surface area contributed by atoms with Gasteiger partial charge in [-0.25, -0.2) is 0 Å². The Morgan fingerprint density at radius 1 is 0.696 bits per heavy atom. The van der Waals surface area contributed by atoms with Crippen LogP contribution in [-0.4, -0.2) is 25.4 Å². The summed E-state index contributed by atoms with van der Waals surface area (Å²) in [7, 11) is 0. The zero-order chi connectivity index (χ0) is 15.7. The third kappa shape index (κ3) is 5.47. The van der Waals surface area contributed by atoms with E-state index in [1.807, 2.05) is 36.4 Å². The largest absolute Gasteiger partial charge is 0.374 e. The summed E-state index contributed by atoms with van der Waals surface area (Å²) < 4.78 is 17.5. The molecule has 2 aromatic rings. The van der Waals surface area contributed by atoms with Crippen LogP contribution in [0.1, 0.15) is 24.0 Å². The summed E-state index contributed by atoms with van der Waals surface area (Å²) in [5.74, 6) is 0. The van der Waals surface area contributed by atoms with Gasteiger partial charge in [0.15, 0.2) is 0 Å². The quantitative estimate of drug-likeness (QED) is 0.738. The van der Waals surface area contributed by atoms with E-state index >= 15 is 0 Å². The predicted molar refractivity (Wildman–Crippen MR) is 90.1 cm³/mol. The van der Waals surface area contributed by atoms with Crippen molar-refractivity contribution in [3.63, 3.8) is 0 Å². The summed E-state index contributed by atoms with van der Waals surface area (Å²) in [5.41, 5.74) is 2.40. The molecule has 0 bridgehead atoms. The maximum Gasteiger partial charge on any atom is 0.0814 e. The molecule has 0 aliphatic carbocycles. The molecule has 0 unspecified atom stereocenters. The van der Waals surface area contributed by atoms with Crippen molar-refractivity contribution in [1.29, 1.82) is 0 Å². The van der Waals surface area contributed by atoms with Crippen molar-refractivity contribution in [3.8, 4) is 0 Å². The molecule has 23 heavy (non-hydrogen) atoms. The summed E-state index contributed by atoms with van der Waals surface area (Å²) in [6, 6.07) is 20.5. The lowest BCUT2D eigenvalue weighted by Crippen LogP contribution is -2.20. The molecular formula is C20H24O3. The third-order valence-corrected chi connectivity index (χ3v) is 4.03. The van der Waals surface area contributed by atoms with Crippen molar-refractivity contribution >= 4 is 0 Å². The van der Waals surface area contributed by atoms with E-state index in [0.29, 0.717) is 26.4 Å². The normalized spacial score (nSPS) is 20.7. The lowest BCUT2D eigenvalue weighted by atomic mass is 10.2. The molecule has 3 rings (SSSR count). The Balaban J connectivity index is 1.29. The summed E-state index contributed by atoms with van der Waals surface area (Å²) in [6.45, 7) is 2.61. The van der Waals surface area contributed by atoms with Crippen LogP contribution in [0.3, 0.4) is 0 Å². The van der Waals surface area contributed by atoms with Crippen molar-refractivity contribution < 1.29 is 14.2 Å². The van der Waals surface area contributed by atoms with Crippen LogP contribution in [0.15, 0.2) is 60.7 Å². The molecule has 3 heteroatoms. The van der Waals surface area contributed by atoms with E-state index in [4.69, 9.17) is 14.2 Å². The van der Waals surface area contributed by atoms with Gasteiger partial charge in [-0.05, 0) is 24.0 Å². The van der Waals surface area contributed by atoms with Gasteiger partial charge in [0, 0.05) is 0 Å². The van der Waals surface area contributed by atoms with Gasteiger partial charge in [0.2, 0.25) is 0 Å². The summed E-state index contributed by atoms with van der Waals surface area (Å²) >= 11 is 0. The number of hydrogen-bond acceptors (Lipinski definition) is 3. The Bertz CT molecular complexity index is 504. The van der Waals surface area contributed by atoms with Crippen LogP contribution in [0.5, 0.6) is 0 Å². The van der Waals surface area contributed by atoms with E-state index in [9.17, 15) is 0 Å². The van der Waals surface area contributed by atoms with E-state index in [2.05, 4.69) is 24.3 Å². The van der Waals surface area contributed by atoms with Crippen LogP contribution in [-0.2, 0) is 27.4 Å². The van der Waals surface area contributed by atoms with E-state index in [1.165, 1.54) is 11.1 Å². The van der Waals surface area contributed by atoms with Crippen LogP contribution >= 0.6 is 0 Å². The standard InChI is InChI=1S/C20H24O3/c1-3-7-17(8-4-1)13-21-15-19-11-12-20(23-19)16-22-14-18-9-5-2-6-10-18/h1-10,19-20H,11-16H2/t19-,20+. The average Bonchev–Trinajstić information content (AvgIpc) is 3.05. The van der Waals surface area contributed by atoms with Crippen molar-refractivity contribution in [2.75, 3.05) is 13.2 Å².